The van der Waals surface area contributed by atoms with Gasteiger partial charge in [0.1, 0.15) is 10.7 Å². The summed E-state index contributed by atoms with van der Waals surface area (Å²) in [6.45, 7) is 1.52. The molecule has 0 N–H and O–H groups in total. The molecule has 146 valence electrons. The number of para-hydroxylation sites is 1. The number of carbonyl (C=O) groups excluding carboxylic acids is 2. The number of hydrogen-bond acceptors (Lipinski definition) is 5. The zero-order valence-corrected chi connectivity index (χ0v) is 16.7. The monoisotopic (exact) mass is 399 g/mol. The van der Waals surface area contributed by atoms with E-state index in [1.54, 1.807) is 31.3 Å². The topological polar surface area (TPSA) is 83.3 Å². The molecule has 3 rings (SSSR count). The van der Waals surface area contributed by atoms with Crippen LogP contribution in [0.3, 0.4) is 0 Å². The first-order valence-corrected chi connectivity index (χ1v) is 9.71. The molecule has 1 aliphatic rings. The number of fused-ring (bicyclic) bond motifs is 1. The normalized spacial score (nSPS) is 16.8. The first-order chi connectivity index (χ1) is 13.4. The molecule has 1 amide bonds. The fourth-order valence-electron chi connectivity index (χ4n) is 3.73. The molecule has 0 unspecified atom stereocenters. The van der Waals surface area contributed by atoms with Crippen LogP contribution in [0.15, 0.2) is 30.3 Å². The molecule has 1 atom stereocenters. The summed E-state index contributed by atoms with van der Waals surface area (Å²) in [5.74, 6) is -1.04. The number of amides is 1. The minimum absolute atomic E-state index is 0.174. The Morgan fingerprint density at radius 1 is 1.29 bits per heavy atom. The van der Waals surface area contributed by atoms with Crippen LogP contribution in [0.2, 0.25) is 5.15 Å². The smallest absolute Gasteiger partial charge is 0.339 e. The minimum atomic E-state index is -1.02. The second kappa shape index (κ2) is 8.15. The molecular weight excluding hydrogens is 378 g/mol. The molecule has 1 aromatic heterocycles. The quantitative estimate of drug-likeness (QED) is 0.570. The van der Waals surface area contributed by atoms with Crippen LogP contribution < -0.4 is 0 Å². The number of halogens is 1. The third-order valence-electron chi connectivity index (χ3n) is 5.40. The van der Waals surface area contributed by atoms with E-state index in [4.69, 9.17) is 16.3 Å². The molecule has 1 fully saturated rings. The van der Waals surface area contributed by atoms with E-state index in [-0.39, 0.29) is 16.6 Å². The highest BCUT2D eigenvalue weighted by Crippen LogP contribution is 2.33. The van der Waals surface area contributed by atoms with E-state index < -0.39 is 17.6 Å². The first-order valence-electron chi connectivity index (χ1n) is 9.33. The Morgan fingerprint density at radius 2 is 1.96 bits per heavy atom. The van der Waals surface area contributed by atoms with Gasteiger partial charge in [0.15, 0.2) is 6.10 Å². The number of likely N-dealkylation sites (N-methyl/N-ethyl adjacent to an activating group) is 1. The molecule has 0 bridgehead atoms. The number of rotatable bonds is 4. The molecule has 1 aliphatic carbocycles. The maximum Gasteiger partial charge on any atom is 0.339 e. The Labute approximate surface area is 169 Å². The number of esters is 1. The van der Waals surface area contributed by atoms with E-state index in [0.717, 1.165) is 19.3 Å². The standard InChI is InChI=1S/C21H22ClN3O3/c1-14(19(26)25(2)21(13-23)10-6-3-7-11-21)28-20(27)16-12-18(22)24-17-9-5-4-8-15(16)17/h4-5,8-9,12,14H,3,6-7,10-11H2,1-2H3/t14-/m1/s1. The highest BCUT2D eigenvalue weighted by molar-refractivity contribution is 6.30. The first kappa shape index (κ1) is 20.1. The molecule has 0 aliphatic heterocycles. The van der Waals surface area contributed by atoms with Crippen LogP contribution in [0.25, 0.3) is 10.9 Å². The SMILES string of the molecule is C[C@@H](OC(=O)c1cc(Cl)nc2ccccc12)C(=O)N(C)C1(C#N)CCCCC1. The predicted molar refractivity (Wildman–Crippen MR) is 106 cm³/mol. The van der Waals surface area contributed by atoms with Gasteiger partial charge in [0.05, 0.1) is 17.1 Å². The highest BCUT2D eigenvalue weighted by Gasteiger charge is 2.40. The lowest BCUT2D eigenvalue weighted by atomic mass is 9.81. The van der Waals surface area contributed by atoms with Crippen molar-refractivity contribution in [3.05, 3.63) is 41.0 Å². The molecule has 1 heterocycles. The van der Waals surface area contributed by atoms with Crippen molar-refractivity contribution in [3.8, 4) is 6.07 Å². The van der Waals surface area contributed by atoms with Crippen LogP contribution in [-0.2, 0) is 9.53 Å². The number of ether oxygens (including phenoxy) is 1. The average Bonchev–Trinajstić information content (AvgIpc) is 2.72. The molecule has 28 heavy (non-hydrogen) atoms. The van der Waals surface area contributed by atoms with Gasteiger partial charge < -0.3 is 9.64 Å². The molecule has 0 spiro atoms. The van der Waals surface area contributed by atoms with Crippen molar-refractivity contribution in [1.29, 1.82) is 5.26 Å². The third-order valence-corrected chi connectivity index (χ3v) is 5.59. The largest absolute Gasteiger partial charge is 0.449 e. The summed E-state index contributed by atoms with van der Waals surface area (Å²) in [5.41, 5.74) is -0.00267. The van der Waals surface area contributed by atoms with Crippen molar-refractivity contribution in [2.45, 2.75) is 50.7 Å². The molecule has 6 nitrogen and oxygen atoms in total. The Kier molecular flexibility index (Phi) is 5.85. The number of aromatic nitrogens is 1. The van der Waals surface area contributed by atoms with Gasteiger partial charge in [0, 0.05) is 12.4 Å². The number of pyridine rings is 1. The van der Waals surface area contributed by atoms with Crippen LogP contribution in [0, 0.1) is 11.3 Å². The van der Waals surface area contributed by atoms with Gasteiger partial charge in [-0.2, -0.15) is 5.26 Å². The average molecular weight is 400 g/mol. The lowest BCUT2D eigenvalue weighted by Crippen LogP contribution is -2.53. The van der Waals surface area contributed by atoms with Crippen molar-refractivity contribution in [2.75, 3.05) is 7.05 Å². The Bertz CT molecular complexity index is 948. The van der Waals surface area contributed by atoms with Gasteiger partial charge in [-0.05, 0) is 31.9 Å². The lowest BCUT2D eigenvalue weighted by molar-refractivity contribution is -0.143. The van der Waals surface area contributed by atoms with Crippen LogP contribution >= 0.6 is 11.6 Å². The molecule has 0 saturated heterocycles. The molecule has 2 aromatic rings. The third kappa shape index (κ3) is 3.81. The van der Waals surface area contributed by atoms with E-state index in [1.165, 1.54) is 17.9 Å². The zero-order chi connectivity index (χ0) is 20.3. The molecule has 7 heteroatoms. The summed E-state index contributed by atoms with van der Waals surface area (Å²) in [6, 6.07) is 10.8. The van der Waals surface area contributed by atoms with Crippen molar-refractivity contribution in [3.63, 3.8) is 0 Å². The lowest BCUT2D eigenvalue weighted by Gasteiger charge is -2.39. The molecular formula is C21H22ClN3O3. The highest BCUT2D eigenvalue weighted by atomic mass is 35.5. The second-order valence-electron chi connectivity index (χ2n) is 7.16. The van der Waals surface area contributed by atoms with E-state index in [2.05, 4.69) is 11.1 Å². The fourth-order valence-corrected chi connectivity index (χ4v) is 3.93. The number of benzene rings is 1. The Hall–Kier alpha value is -2.65. The van der Waals surface area contributed by atoms with Crippen LogP contribution in [-0.4, -0.2) is 40.5 Å². The van der Waals surface area contributed by atoms with Gasteiger partial charge >= 0.3 is 5.97 Å². The van der Waals surface area contributed by atoms with Gasteiger partial charge in [-0.3, -0.25) is 4.79 Å². The van der Waals surface area contributed by atoms with Gasteiger partial charge in [-0.15, -0.1) is 0 Å². The van der Waals surface area contributed by atoms with E-state index in [0.29, 0.717) is 23.7 Å². The number of nitriles is 1. The number of hydrogen-bond donors (Lipinski definition) is 0. The summed E-state index contributed by atoms with van der Waals surface area (Å²) in [7, 11) is 1.61. The van der Waals surface area contributed by atoms with E-state index in [9.17, 15) is 14.9 Å². The van der Waals surface area contributed by atoms with Crippen LogP contribution in [0.4, 0.5) is 0 Å². The predicted octanol–water partition coefficient (Wildman–Crippen LogP) is 4.12. The van der Waals surface area contributed by atoms with Crippen molar-refractivity contribution >= 4 is 34.4 Å². The number of nitrogens with zero attached hydrogens (tertiary/aromatic N) is 3. The Morgan fingerprint density at radius 3 is 2.64 bits per heavy atom. The Balaban J connectivity index is 1.79. The summed E-state index contributed by atoms with van der Waals surface area (Å²) < 4.78 is 5.44. The van der Waals surface area contributed by atoms with Crippen molar-refractivity contribution in [2.24, 2.45) is 0 Å². The maximum absolute atomic E-state index is 12.9. The second-order valence-corrected chi connectivity index (χ2v) is 7.55. The van der Waals surface area contributed by atoms with Gasteiger partial charge in [-0.25, -0.2) is 9.78 Å². The van der Waals surface area contributed by atoms with Crippen molar-refractivity contribution in [1.82, 2.24) is 9.88 Å². The zero-order valence-electron chi connectivity index (χ0n) is 15.9. The summed E-state index contributed by atoms with van der Waals surface area (Å²) >= 11 is 6.03. The number of carbonyl (C=O) groups is 2. The summed E-state index contributed by atoms with van der Waals surface area (Å²) in [5, 5.41) is 10.5. The minimum Gasteiger partial charge on any atom is -0.449 e. The fraction of sp³-hybridized carbons (Fsp3) is 0.429. The molecule has 0 radical (unpaired) electrons. The van der Waals surface area contributed by atoms with E-state index in [1.807, 2.05) is 0 Å². The maximum atomic E-state index is 12.9. The van der Waals surface area contributed by atoms with Gasteiger partial charge in [-0.1, -0.05) is 49.1 Å². The summed E-state index contributed by atoms with van der Waals surface area (Å²) in [4.78, 5) is 31.2. The summed E-state index contributed by atoms with van der Waals surface area (Å²) in [6.07, 6.45) is 3.12. The molecule has 1 saturated carbocycles. The van der Waals surface area contributed by atoms with Crippen LogP contribution in [0.1, 0.15) is 49.4 Å². The van der Waals surface area contributed by atoms with Crippen molar-refractivity contribution < 1.29 is 14.3 Å². The van der Waals surface area contributed by atoms with E-state index >= 15 is 0 Å². The van der Waals surface area contributed by atoms with Crippen LogP contribution in [0.5, 0.6) is 0 Å². The van der Waals surface area contributed by atoms with Gasteiger partial charge in [0.25, 0.3) is 5.91 Å². The van der Waals surface area contributed by atoms with Gasteiger partial charge in [0.2, 0.25) is 0 Å². The molecule has 1 aromatic carbocycles.